The van der Waals surface area contributed by atoms with Gasteiger partial charge in [0, 0.05) is 24.3 Å². The van der Waals surface area contributed by atoms with Crippen molar-refractivity contribution in [1.29, 1.82) is 0 Å². The third kappa shape index (κ3) is 4.73. The maximum absolute atomic E-state index is 12.0. The molecule has 0 spiro atoms. The molecule has 0 amide bonds. The molecule has 116 valence electrons. The van der Waals surface area contributed by atoms with Gasteiger partial charge in [-0.25, -0.2) is 0 Å². The van der Waals surface area contributed by atoms with E-state index in [1.54, 1.807) is 0 Å². The summed E-state index contributed by atoms with van der Waals surface area (Å²) in [5, 5.41) is 21.1. The van der Waals surface area contributed by atoms with Gasteiger partial charge in [-0.05, 0) is 18.2 Å². The maximum Gasteiger partial charge on any atom is 1.00 e. The summed E-state index contributed by atoms with van der Waals surface area (Å²) >= 11 is 0. The van der Waals surface area contributed by atoms with Crippen LogP contribution in [0.15, 0.2) is 53.4 Å². The van der Waals surface area contributed by atoms with E-state index < -0.39 is 25.7 Å². The van der Waals surface area contributed by atoms with Crippen molar-refractivity contribution in [3.63, 3.8) is 0 Å². The SMILES string of the molecule is O=[N+]([O-])c1ccc(OS(=O)(=O)c2cccc([N+](=O)[O-])c2)cc1.[H-].[Na+]. The molecule has 0 atom stereocenters. The zero-order valence-corrected chi connectivity index (χ0v) is 14.6. The molecule has 0 aliphatic rings. The molecule has 2 aromatic rings. The van der Waals surface area contributed by atoms with E-state index in [1.807, 2.05) is 0 Å². The number of benzene rings is 2. The molecule has 0 saturated carbocycles. The average molecular weight is 348 g/mol. The number of nitro groups is 2. The molecule has 0 aromatic heterocycles. The van der Waals surface area contributed by atoms with Crippen LogP contribution in [0.2, 0.25) is 0 Å². The predicted octanol–water partition coefficient (Wildman–Crippen LogP) is -0.613. The van der Waals surface area contributed by atoms with Gasteiger partial charge in [0.05, 0.1) is 9.85 Å². The van der Waals surface area contributed by atoms with Crippen LogP contribution in [0.25, 0.3) is 0 Å². The van der Waals surface area contributed by atoms with Crippen LogP contribution >= 0.6 is 0 Å². The standard InChI is InChI=1S/C12H8N2O7S.Na.H/c15-13(16)9-4-6-11(7-5-9)21-22(19,20)12-3-1-2-10(8-12)14(17)18;;/h1-8H;;/q;+1;-1. The zero-order chi connectivity index (χ0) is 16.3. The molecule has 2 aromatic carbocycles. The van der Waals surface area contributed by atoms with Crippen LogP contribution in [0, 0.1) is 20.2 Å². The first kappa shape index (κ1) is 19.0. The summed E-state index contributed by atoms with van der Waals surface area (Å²) in [6.45, 7) is 0. The Hall–Kier alpha value is -2.01. The number of hydrogen-bond donors (Lipinski definition) is 0. The van der Waals surface area contributed by atoms with Crippen molar-refractivity contribution in [3.05, 3.63) is 68.8 Å². The number of nitrogens with zero attached hydrogens (tertiary/aromatic N) is 2. The summed E-state index contributed by atoms with van der Waals surface area (Å²) < 4.78 is 28.8. The summed E-state index contributed by atoms with van der Waals surface area (Å²) in [4.78, 5) is 19.4. The Labute approximate surface area is 154 Å². The van der Waals surface area contributed by atoms with E-state index in [9.17, 15) is 28.6 Å². The summed E-state index contributed by atoms with van der Waals surface area (Å²) in [5.74, 6) is -0.142. The van der Waals surface area contributed by atoms with Gasteiger partial charge in [0.2, 0.25) is 0 Å². The van der Waals surface area contributed by atoms with E-state index in [0.29, 0.717) is 0 Å². The predicted molar refractivity (Wildman–Crippen MR) is 75.1 cm³/mol. The Morgan fingerprint density at radius 1 is 0.913 bits per heavy atom. The van der Waals surface area contributed by atoms with Crippen molar-refractivity contribution in [2.45, 2.75) is 4.90 Å². The first-order chi connectivity index (χ1) is 10.3. The molecule has 0 fully saturated rings. The molecule has 23 heavy (non-hydrogen) atoms. The molecule has 0 N–H and O–H groups in total. The van der Waals surface area contributed by atoms with E-state index in [2.05, 4.69) is 0 Å². The van der Waals surface area contributed by atoms with Gasteiger partial charge in [0.15, 0.2) is 0 Å². The van der Waals surface area contributed by atoms with Crippen LogP contribution in [0.1, 0.15) is 1.43 Å². The van der Waals surface area contributed by atoms with Gasteiger partial charge in [-0.2, -0.15) is 8.42 Å². The molecule has 0 unspecified atom stereocenters. The van der Waals surface area contributed by atoms with Gasteiger partial charge in [-0.1, -0.05) is 6.07 Å². The second-order valence-corrected chi connectivity index (χ2v) is 5.59. The molecular formula is C12H9N2NaO7S. The van der Waals surface area contributed by atoms with Crippen LogP contribution in [0.3, 0.4) is 0 Å². The van der Waals surface area contributed by atoms with Gasteiger partial charge in [-0.15, -0.1) is 0 Å². The van der Waals surface area contributed by atoms with Crippen LogP contribution in [-0.2, 0) is 10.1 Å². The fourth-order valence-electron chi connectivity index (χ4n) is 1.55. The molecule has 2 rings (SSSR count). The van der Waals surface area contributed by atoms with Gasteiger partial charge >= 0.3 is 39.7 Å². The quantitative estimate of drug-likeness (QED) is 0.305. The largest absolute Gasteiger partial charge is 1.00 e. The van der Waals surface area contributed by atoms with E-state index in [1.165, 1.54) is 6.07 Å². The molecular weight excluding hydrogens is 339 g/mol. The smallest absolute Gasteiger partial charge is 1.00 e. The number of nitro benzene ring substituents is 2. The fourth-order valence-corrected chi connectivity index (χ4v) is 2.52. The van der Waals surface area contributed by atoms with Crippen molar-refractivity contribution in [2.24, 2.45) is 0 Å². The molecule has 0 aliphatic heterocycles. The zero-order valence-electron chi connectivity index (χ0n) is 12.8. The number of hydrogen-bond acceptors (Lipinski definition) is 7. The monoisotopic (exact) mass is 348 g/mol. The van der Waals surface area contributed by atoms with Crippen molar-refractivity contribution in [1.82, 2.24) is 0 Å². The fraction of sp³-hybridized carbons (Fsp3) is 0. The van der Waals surface area contributed by atoms with Gasteiger partial charge in [-0.3, -0.25) is 20.2 Å². The molecule has 0 saturated heterocycles. The minimum Gasteiger partial charge on any atom is -1.00 e. The molecule has 9 nitrogen and oxygen atoms in total. The summed E-state index contributed by atoms with van der Waals surface area (Å²) in [6.07, 6.45) is 0. The number of rotatable bonds is 5. The van der Waals surface area contributed by atoms with E-state index >= 15 is 0 Å². The average Bonchev–Trinajstić information content (AvgIpc) is 2.47. The molecule has 0 bridgehead atoms. The van der Waals surface area contributed by atoms with Crippen molar-refractivity contribution < 1.29 is 53.4 Å². The Morgan fingerprint density at radius 3 is 2.00 bits per heavy atom. The molecule has 11 heteroatoms. The van der Waals surface area contributed by atoms with Crippen LogP contribution in [-0.4, -0.2) is 18.3 Å². The minimum atomic E-state index is -4.28. The van der Waals surface area contributed by atoms with Crippen molar-refractivity contribution >= 4 is 21.5 Å². The second-order valence-electron chi connectivity index (χ2n) is 4.04. The van der Waals surface area contributed by atoms with E-state index in [0.717, 1.165) is 42.5 Å². The Balaban J connectivity index is 0.00000264. The summed E-state index contributed by atoms with van der Waals surface area (Å²) in [7, 11) is -4.28. The molecule has 0 radical (unpaired) electrons. The number of non-ortho nitro benzene ring substituents is 2. The molecule has 0 heterocycles. The van der Waals surface area contributed by atoms with Crippen molar-refractivity contribution in [2.75, 3.05) is 0 Å². The third-order valence-corrected chi connectivity index (χ3v) is 3.81. The van der Waals surface area contributed by atoms with Crippen LogP contribution in [0.4, 0.5) is 11.4 Å². The Kier molecular flexibility index (Phi) is 6.21. The van der Waals surface area contributed by atoms with Gasteiger partial charge < -0.3 is 5.61 Å². The van der Waals surface area contributed by atoms with Gasteiger partial charge in [0.1, 0.15) is 10.6 Å². The van der Waals surface area contributed by atoms with E-state index in [4.69, 9.17) is 4.18 Å². The van der Waals surface area contributed by atoms with Crippen LogP contribution in [0.5, 0.6) is 5.75 Å². The topological polar surface area (TPSA) is 130 Å². The third-order valence-electron chi connectivity index (χ3n) is 2.57. The van der Waals surface area contributed by atoms with Crippen molar-refractivity contribution in [3.8, 4) is 5.75 Å². The maximum atomic E-state index is 12.0. The first-order valence-electron chi connectivity index (χ1n) is 5.73. The Morgan fingerprint density at radius 2 is 1.48 bits per heavy atom. The van der Waals surface area contributed by atoms with Gasteiger partial charge in [0.25, 0.3) is 11.4 Å². The Bertz CT molecular complexity index is 843. The normalized spacial score (nSPS) is 10.4. The van der Waals surface area contributed by atoms with E-state index in [-0.39, 0.29) is 47.3 Å². The van der Waals surface area contributed by atoms with Crippen LogP contribution < -0.4 is 33.7 Å². The second kappa shape index (κ2) is 7.51. The summed E-state index contributed by atoms with van der Waals surface area (Å²) in [5.41, 5.74) is -0.617. The summed E-state index contributed by atoms with van der Waals surface area (Å²) in [6, 6.07) is 8.76. The minimum absolute atomic E-state index is 0. The molecule has 0 aliphatic carbocycles. The first-order valence-corrected chi connectivity index (χ1v) is 7.14.